The molecule has 8 heteroatoms. The molecule has 202 valence electrons. The third kappa shape index (κ3) is 7.94. The molecule has 1 saturated heterocycles. The Morgan fingerprint density at radius 1 is 0.946 bits per heavy atom. The number of nitrogens with zero attached hydrogens (tertiary/aromatic N) is 2. The van der Waals surface area contributed by atoms with E-state index in [1.807, 2.05) is 24.3 Å². The average molecular weight is 521 g/mol. The Hall–Kier alpha value is -2.61. The maximum absolute atomic E-state index is 14.5. The van der Waals surface area contributed by atoms with Gasteiger partial charge in [0.15, 0.2) is 0 Å². The lowest BCUT2D eigenvalue weighted by Gasteiger charge is -2.45. The van der Waals surface area contributed by atoms with E-state index in [1.54, 1.807) is 17.0 Å². The molecule has 4 rings (SSSR count). The van der Waals surface area contributed by atoms with Crippen molar-refractivity contribution in [3.63, 3.8) is 0 Å². The highest BCUT2D eigenvalue weighted by atomic mass is 19.4. The van der Waals surface area contributed by atoms with Gasteiger partial charge in [0.1, 0.15) is 18.2 Å². The molecular formula is C29H36F4N2O2. The molecule has 1 fully saturated rings. The predicted molar refractivity (Wildman–Crippen MR) is 135 cm³/mol. The van der Waals surface area contributed by atoms with Crippen molar-refractivity contribution in [3.8, 4) is 5.75 Å². The number of carbonyl (C=O) groups excluding carboxylic acids is 1. The number of likely N-dealkylation sites (tertiary alicyclic amines) is 1. The molecule has 2 aliphatic rings. The Balaban J connectivity index is 1.49. The van der Waals surface area contributed by atoms with Crippen molar-refractivity contribution in [1.82, 2.24) is 9.80 Å². The minimum absolute atomic E-state index is 0.0786. The van der Waals surface area contributed by atoms with Gasteiger partial charge in [0.25, 0.3) is 0 Å². The second kappa shape index (κ2) is 12.3. The predicted octanol–water partition coefficient (Wildman–Crippen LogP) is 6.38. The number of alkyl halides is 3. The zero-order valence-electron chi connectivity index (χ0n) is 21.2. The van der Waals surface area contributed by atoms with E-state index >= 15 is 0 Å². The number of para-hydroxylation sites is 1. The van der Waals surface area contributed by atoms with E-state index in [1.165, 1.54) is 11.6 Å². The Morgan fingerprint density at radius 2 is 1.68 bits per heavy atom. The van der Waals surface area contributed by atoms with Crippen LogP contribution in [0, 0.1) is 11.2 Å². The minimum Gasteiger partial charge on any atom is -0.492 e. The van der Waals surface area contributed by atoms with Crippen LogP contribution in [-0.4, -0.2) is 54.7 Å². The second-order valence-electron chi connectivity index (χ2n) is 10.5. The van der Waals surface area contributed by atoms with E-state index in [9.17, 15) is 22.4 Å². The van der Waals surface area contributed by atoms with Crippen LogP contribution in [0.3, 0.4) is 0 Å². The van der Waals surface area contributed by atoms with E-state index in [0.717, 1.165) is 50.8 Å². The Kier molecular flexibility index (Phi) is 9.11. The largest absolute Gasteiger partial charge is 0.492 e. The van der Waals surface area contributed by atoms with Crippen LogP contribution in [0.15, 0.2) is 48.5 Å². The van der Waals surface area contributed by atoms with E-state index in [0.29, 0.717) is 38.3 Å². The van der Waals surface area contributed by atoms with E-state index < -0.39 is 24.9 Å². The van der Waals surface area contributed by atoms with Gasteiger partial charge in [0, 0.05) is 44.7 Å². The van der Waals surface area contributed by atoms with Gasteiger partial charge in [0.2, 0.25) is 5.91 Å². The summed E-state index contributed by atoms with van der Waals surface area (Å²) in [7, 11) is 0. The number of fused-ring (bicyclic) bond motifs is 1. The highest BCUT2D eigenvalue weighted by Crippen LogP contribution is 2.39. The number of benzene rings is 2. The van der Waals surface area contributed by atoms with Crippen molar-refractivity contribution >= 4 is 5.91 Å². The molecule has 4 nitrogen and oxygen atoms in total. The third-order valence-corrected chi connectivity index (χ3v) is 7.75. The van der Waals surface area contributed by atoms with Crippen molar-refractivity contribution in [2.75, 3.05) is 32.8 Å². The van der Waals surface area contributed by atoms with Gasteiger partial charge in [-0.15, -0.1) is 0 Å². The van der Waals surface area contributed by atoms with E-state index in [4.69, 9.17) is 4.74 Å². The van der Waals surface area contributed by atoms with Gasteiger partial charge in [-0.3, -0.25) is 9.69 Å². The summed E-state index contributed by atoms with van der Waals surface area (Å²) in [4.78, 5) is 16.3. The summed E-state index contributed by atoms with van der Waals surface area (Å²) in [6.07, 6.45) is -0.534. The number of amides is 1. The highest BCUT2D eigenvalue weighted by Gasteiger charge is 2.38. The molecule has 2 aliphatic heterocycles. The Labute approximate surface area is 216 Å². The van der Waals surface area contributed by atoms with Crippen molar-refractivity contribution in [3.05, 3.63) is 65.5 Å². The van der Waals surface area contributed by atoms with Crippen molar-refractivity contribution in [2.24, 2.45) is 5.41 Å². The van der Waals surface area contributed by atoms with E-state index in [2.05, 4.69) is 11.0 Å². The van der Waals surface area contributed by atoms with Gasteiger partial charge in [-0.2, -0.15) is 13.2 Å². The number of hydrogen-bond donors (Lipinski definition) is 0. The van der Waals surface area contributed by atoms with Crippen LogP contribution < -0.4 is 4.74 Å². The fourth-order valence-electron chi connectivity index (χ4n) is 5.63. The first kappa shape index (κ1) is 27.4. The molecule has 37 heavy (non-hydrogen) atoms. The van der Waals surface area contributed by atoms with Gasteiger partial charge in [-0.1, -0.05) is 42.8 Å². The first-order chi connectivity index (χ1) is 17.7. The van der Waals surface area contributed by atoms with Gasteiger partial charge in [-0.25, -0.2) is 4.39 Å². The fraction of sp³-hybridized carbons (Fsp3) is 0.552. The second-order valence-corrected chi connectivity index (χ2v) is 10.5. The summed E-state index contributed by atoms with van der Waals surface area (Å²) in [5, 5.41) is 0. The van der Waals surface area contributed by atoms with Crippen molar-refractivity contribution < 1.29 is 27.1 Å². The number of aryl methyl sites for hydroxylation is 1. The molecule has 0 bridgehead atoms. The number of piperidine rings is 1. The minimum atomic E-state index is -4.33. The highest BCUT2D eigenvalue weighted by molar-refractivity contribution is 5.76. The monoisotopic (exact) mass is 520 g/mol. The molecular weight excluding hydrogens is 484 g/mol. The van der Waals surface area contributed by atoms with Crippen LogP contribution in [-0.2, 0) is 17.8 Å². The number of rotatable bonds is 4. The molecule has 2 heterocycles. The number of halogens is 4. The first-order valence-corrected chi connectivity index (χ1v) is 13.2. The Bertz CT molecular complexity index is 1030. The number of hydrogen-bond acceptors (Lipinski definition) is 3. The maximum Gasteiger partial charge on any atom is 0.389 e. The molecule has 2 aromatic rings. The zero-order chi connectivity index (χ0) is 26.3. The molecule has 0 aliphatic carbocycles. The summed E-state index contributed by atoms with van der Waals surface area (Å²) in [6, 6.07) is 14.9. The van der Waals surface area contributed by atoms with Crippen LogP contribution in [0.4, 0.5) is 17.6 Å². The average Bonchev–Trinajstić information content (AvgIpc) is 2.86. The zero-order valence-corrected chi connectivity index (χ0v) is 21.2. The molecule has 0 radical (unpaired) electrons. The molecule has 1 spiro atoms. The SMILES string of the molecule is O=C(CCC(F)(F)F)N1CCC2(CCCCc3ccccc3OCCN(Cc3ccccc3F)C2)CC1. The van der Waals surface area contributed by atoms with Crippen LogP contribution in [0.25, 0.3) is 0 Å². The summed E-state index contributed by atoms with van der Waals surface area (Å²) >= 11 is 0. The lowest BCUT2D eigenvalue weighted by molar-refractivity contribution is -0.150. The molecule has 0 N–H and O–H groups in total. The quantitative estimate of drug-likeness (QED) is 0.439. The lowest BCUT2D eigenvalue weighted by atomic mass is 9.73. The fourth-order valence-corrected chi connectivity index (χ4v) is 5.63. The van der Waals surface area contributed by atoms with Gasteiger partial charge >= 0.3 is 6.18 Å². The summed E-state index contributed by atoms with van der Waals surface area (Å²) in [5.74, 6) is 0.238. The summed E-state index contributed by atoms with van der Waals surface area (Å²) < 4.78 is 58.5. The van der Waals surface area contributed by atoms with Gasteiger partial charge < -0.3 is 9.64 Å². The van der Waals surface area contributed by atoms with Crippen molar-refractivity contribution in [1.29, 1.82) is 0 Å². The molecule has 0 atom stereocenters. The Morgan fingerprint density at radius 3 is 2.43 bits per heavy atom. The maximum atomic E-state index is 14.5. The summed E-state index contributed by atoms with van der Waals surface area (Å²) in [5.41, 5.74) is 1.73. The topological polar surface area (TPSA) is 32.8 Å². The molecule has 0 unspecified atom stereocenters. The van der Waals surface area contributed by atoms with E-state index in [-0.39, 0.29) is 11.2 Å². The molecule has 2 aromatic carbocycles. The first-order valence-electron chi connectivity index (χ1n) is 13.2. The van der Waals surface area contributed by atoms with Gasteiger partial charge in [0.05, 0.1) is 6.42 Å². The van der Waals surface area contributed by atoms with Crippen LogP contribution in [0.5, 0.6) is 5.75 Å². The van der Waals surface area contributed by atoms with Crippen LogP contribution >= 0.6 is 0 Å². The number of ether oxygens (including phenoxy) is 1. The van der Waals surface area contributed by atoms with Crippen molar-refractivity contribution in [2.45, 2.75) is 64.1 Å². The van der Waals surface area contributed by atoms with Gasteiger partial charge in [-0.05, 0) is 55.2 Å². The smallest absolute Gasteiger partial charge is 0.389 e. The third-order valence-electron chi connectivity index (χ3n) is 7.75. The van der Waals surface area contributed by atoms with Crippen LogP contribution in [0.2, 0.25) is 0 Å². The summed E-state index contributed by atoms with van der Waals surface area (Å²) in [6.45, 7) is 3.21. The number of carbonyl (C=O) groups is 1. The lowest BCUT2D eigenvalue weighted by Crippen LogP contribution is -2.48. The van der Waals surface area contributed by atoms with Crippen LogP contribution in [0.1, 0.15) is 56.1 Å². The molecule has 0 aromatic heterocycles. The normalized spacial score (nSPS) is 19.4. The molecule has 0 saturated carbocycles. The molecule has 1 amide bonds. The standard InChI is InChI=1S/C29H36F4N2O2/c30-25-10-3-1-9-24(25)21-34-19-20-37-26-11-4-2-7-23(26)8-5-6-13-28(22-34)15-17-35(18-16-28)27(36)12-14-29(31,32)33/h1-4,7,9-11H,5-6,8,12-22H2.